The highest BCUT2D eigenvalue weighted by molar-refractivity contribution is 6.46. The third kappa shape index (κ3) is 3.77. The van der Waals surface area contributed by atoms with Crippen LogP contribution in [0.25, 0.3) is 5.76 Å². The number of rotatable bonds is 4. The van der Waals surface area contributed by atoms with E-state index in [1.165, 1.54) is 29.2 Å². The van der Waals surface area contributed by atoms with E-state index in [-0.39, 0.29) is 23.4 Å². The lowest BCUT2D eigenvalue weighted by Crippen LogP contribution is -2.29. The van der Waals surface area contributed by atoms with Gasteiger partial charge in [-0.25, -0.2) is 4.39 Å². The summed E-state index contributed by atoms with van der Waals surface area (Å²) in [5.74, 6) is -2.74. The smallest absolute Gasteiger partial charge is 0.295 e. The van der Waals surface area contributed by atoms with Gasteiger partial charge in [0.15, 0.2) is 0 Å². The van der Waals surface area contributed by atoms with Crippen LogP contribution in [-0.4, -0.2) is 31.8 Å². The molecule has 4 rings (SSSR count). The third-order valence-corrected chi connectivity index (χ3v) is 5.25. The van der Waals surface area contributed by atoms with Crippen molar-refractivity contribution in [3.05, 3.63) is 101 Å². The van der Waals surface area contributed by atoms with Crippen molar-refractivity contribution in [1.29, 1.82) is 0 Å². The van der Waals surface area contributed by atoms with Crippen LogP contribution in [0.5, 0.6) is 5.75 Å². The fourth-order valence-electron chi connectivity index (χ4n) is 3.67. The molecular formula is C24H19FN2O4. The van der Waals surface area contributed by atoms with E-state index in [0.29, 0.717) is 16.7 Å². The Labute approximate surface area is 177 Å². The van der Waals surface area contributed by atoms with E-state index < -0.39 is 29.3 Å². The van der Waals surface area contributed by atoms with Crippen LogP contribution in [-0.2, 0) is 16.1 Å². The number of aliphatic hydroxyl groups is 1. The van der Waals surface area contributed by atoms with Gasteiger partial charge < -0.3 is 15.1 Å². The van der Waals surface area contributed by atoms with Crippen molar-refractivity contribution in [1.82, 2.24) is 9.88 Å². The zero-order chi connectivity index (χ0) is 22.1. The summed E-state index contributed by atoms with van der Waals surface area (Å²) >= 11 is 0. The molecule has 0 unspecified atom stereocenters. The standard InChI is InChI=1S/C24H19FN2O4/c1-14-7-8-17(11-19(14)25)22(29)20-21(16-5-2-6-18(28)10-16)27(24(31)23(20)30)13-15-4-3-9-26-12-15/h2-12,21,28-29H,13H2,1H3/t21-/m1/s1. The minimum Gasteiger partial charge on any atom is -0.508 e. The Balaban J connectivity index is 1.88. The molecule has 0 radical (unpaired) electrons. The molecule has 1 atom stereocenters. The van der Waals surface area contributed by atoms with Gasteiger partial charge in [-0.3, -0.25) is 14.6 Å². The summed E-state index contributed by atoms with van der Waals surface area (Å²) in [4.78, 5) is 31.2. The van der Waals surface area contributed by atoms with E-state index in [2.05, 4.69) is 4.98 Å². The fraction of sp³-hybridized carbons (Fsp3) is 0.125. The van der Waals surface area contributed by atoms with E-state index in [1.54, 1.807) is 43.6 Å². The summed E-state index contributed by atoms with van der Waals surface area (Å²) in [5.41, 5.74) is 1.45. The number of benzene rings is 2. The van der Waals surface area contributed by atoms with E-state index >= 15 is 0 Å². The van der Waals surface area contributed by atoms with Crippen molar-refractivity contribution in [2.24, 2.45) is 0 Å². The van der Waals surface area contributed by atoms with Crippen LogP contribution in [0.3, 0.4) is 0 Å². The highest BCUT2D eigenvalue weighted by atomic mass is 19.1. The van der Waals surface area contributed by atoms with Crippen LogP contribution in [0.4, 0.5) is 4.39 Å². The fourth-order valence-corrected chi connectivity index (χ4v) is 3.67. The van der Waals surface area contributed by atoms with Gasteiger partial charge in [-0.15, -0.1) is 0 Å². The number of halogens is 1. The number of amides is 1. The number of carbonyl (C=O) groups is 2. The van der Waals surface area contributed by atoms with Crippen molar-refractivity contribution in [2.75, 3.05) is 0 Å². The number of aromatic nitrogens is 1. The van der Waals surface area contributed by atoms with E-state index in [0.717, 1.165) is 6.07 Å². The van der Waals surface area contributed by atoms with Crippen molar-refractivity contribution in [3.63, 3.8) is 0 Å². The maximum atomic E-state index is 14.1. The molecule has 2 aromatic carbocycles. The number of aliphatic hydroxyl groups excluding tert-OH is 1. The number of phenols is 1. The minimum absolute atomic E-state index is 0.0501. The molecule has 1 aliphatic rings. The van der Waals surface area contributed by atoms with Gasteiger partial charge in [0.05, 0.1) is 11.6 Å². The highest BCUT2D eigenvalue weighted by Crippen LogP contribution is 2.41. The maximum absolute atomic E-state index is 14.1. The molecule has 0 aliphatic carbocycles. The van der Waals surface area contributed by atoms with Crippen LogP contribution in [0.15, 0.2) is 72.6 Å². The summed E-state index contributed by atoms with van der Waals surface area (Å²) in [6.07, 6.45) is 3.17. The molecule has 1 fully saturated rings. The summed E-state index contributed by atoms with van der Waals surface area (Å²) in [7, 11) is 0. The number of hydrogen-bond acceptors (Lipinski definition) is 5. The summed E-state index contributed by atoms with van der Waals surface area (Å²) in [6, 6.07) is 12.7. The van der Waals surface area contributed by atoms with Gasteiger partial charge in [0, 0.05) is 24.5 Å². The zero-order valence-corrected chi connectivity index (χ0v) is 16.6. The third-order valence-electron chi connectivity index (χ3n) is 5.25. The number of phenolic OH excluding ortho intramolecular Hbond substituents is 1. The van der Waals surface area contributed by atoms with Gasteiger partial charge in [0.1, 0.15) is 17.3 Å². The Kier molecular flexibility index (Phi) is 5.25. The molecule has 1 amide bonds. The Morgan fingerprint density at radius 2 is 1.94 bits per heavy atom. The lowest BCUT2D eigenvalue weighted by atomic mass is 9.94. The van der Waals surface area contributed by atoms with Crippen molar-refractivity contribution in [3.8, 4) is 5.75 Å². The monoisotopic (exact) mass is 418 g/mol. The predicted molar refractivity (Wildman–Crippen MR) is 111 cm³/mol. The molecule has 31 heavy (non-hydrogen) atoms. The average Bonchev–Trinajstić information content (AvgIpc) is 3.01. The van der Waals surface area contributed by atoms with Gasteiger partial charge in [-0.1, -0.05) is 30.3 Å². The first kappa shape index (κ1) is 20.3. The normalized spacial score (nSPS) is 17.9. The number of nitrogens with zero attached hydrogens (tertiary/aromatic N) is 2. The molecule has 1 saturated heterocycles. The number of Topliss-reactive ketones (excluding diaryl/α,β-unsaturated/α-hetero) is 1. The van der Waals surface area contributed by atoms with Gasteiger partial charge in [0.25, 0.3) is 11.7 Å². The van der Waals surface area contributed by atoms with Crippen LogP contribution in [0.2, 0.25) is 0 Å². The van der Waals surface area contributed by atoms with Crippen molar-refractivity contribution < 1.29 is 24.2 Å². The Hall–Kier alpha value is -4.00. The van der Waals surface area contributed by atoms with Gasteiger partial charge in [-0.05, 0) is 47.9 Å². The molecular weight excluding hydrogens is 399 g/mol. The first-order valence-corrected chi connectivity index (χ1v) is 9.59. The lowest BCUT2D eigenvalue weighted by molar-refractivity contribution is -0.140. The van der Waals surface area contributed by atoms with Gasteiger partial charge >= 0.3 is 0 Å². The number of carbonyl (C=O) groups excluding carboxylic acids is 2. The number of pyridine rings is 1. The van der Waals surface area contributed by atoms with E-state index in [9.17, 15) is 24.2 Å². The molecule has 0 saturated carbocycles. The van der Waals surface area contributed by atoms with Crippen LogP contribution in [0.1, 0.15) is 28.3 Å². The lowest BCUT2D eigenvalue weighted by Gasteiger charge is -2.25. The average molecular weight is 418 g/mol. The van der Waals surface area contributed by atoms with Crippen molar-refractivity contribution >= 4 is 17.4 Å². The molecule has 0 spiro atoms. The van der Waals surface area contributed by atoms with Crippen LogP contribution >= 0.6 is 0 Å². The summed E-state index contributed by atoms with van der Waals surface area (Å²) in [6.45, 7) is 1.65. The zero-order valence-electron chi connectivity index (χ0n) is 16.6. The second-order valence-corrected chi connectivity index (χ2v) is 7.35. The molecule has 2 N–H and O–H groups in total. The van der Waals surface area contributed by atoms with Crippen LogP contribution in [0, 0.1) is 12.7 Å². The molecule has 1 aliphatic heterocycles. The number of aromatic hydroxyl groups is 1. The molecule has 2 heterocycles. The second-order valence-electron chi connectivity index (χ2n) is 7.35. The molecule has 1 aromatic heterocycles. The largest absolute Gasteiger partial charge is 0.508 e. The van der Waals surface area contributed by atoms with Gasteiger partial charge in [0.2, 0.25) is 0 Å². The van der Waals surface area contributed by atoms with E-state index in [4.69, 9.17) is 0 Å². The molecule has 156 valence electrons. The molecule has 6 nitrogen and oxygen atoms in total. The highest BCUT2D eigenvalue weighted by Gasteiger charge is 2.46. The molecule has 3 aromatic rings. The van der Waals surface area contributed by atoms with Gasteiger partial charge in [-0.2, -0.15) is 0 Å². The first-order valence-electron chi connectivity index (χ1n) is 9.59. The van der Waals surface area contributed by atoms with E-state index in [1.807, 2.05) is 0 Å². The summed E-state index contributed by atoms with van der Waals surface area (Å²) in [5, 5.41) is 20.9. The number of likely N-dealkylation sites (tertiary alicyclic amines) is 1. The second kappa shape index (κ2) is 8.02. The first-order chi connectivity index (χ1) is 14.9. The number of hydrogen-bond donors (Lipinski definition) is 2. The van der Waals surface area contributed by atoms with Crippen molar-refractivity contribution in [2.45, 2.75) is 19.5 Å². The quantitative estimate of drug-likeness (QED) is 0.382. The molecule has 0 bridgehead atoms. The summed E-state index contributed by atoms with van der Waals surface area (Å²) < 4.78 is 14.1. The maximum Gasteiger partial charge on any atom is 0.295 e. The topological polar surface area (TPSA) is 90.7 Å². The SMILES string of the molecule is Cc1ccc(C(O)=C2C(=O)C(=O)N(Cc3cccnc3)[C@@H]2c2cccc(O)c2)cc1F. The minimum atomic E-state index is -0.961. The number of aryl methyl sites for hydroxylation is 1. The predicted octanol–water partition coefficient (Wildman–Crippen LogP) is 3.86. The molecule has 7 heteroatoms. The van der Waals surface area contributed by atoms with Crippen LogP contribution < -0.4 is 0 Å². The Morgan fingerprint density at radius 3 is 2.61 bits per heavy atom. The Bertz CT molecular complexity index is 1210. The number of ketones is 1. The Morgan fingerprint density at radius 1 is 1.13 bits per heavy atom.